The molecule has 0 aliphatic heterocycles. The van der Waals surface area contributed by atoms with Crippen LogP contribution in [0.5, 0.6) is 17.2 Å². The van der Waals surface area contributed by atoms with Crippen molar-refractivity contribution < 1.29 is 28.5 Å². The number of ether oxygens (including phenoxy) is 4. The Labute approximate surface area is 179 Å². The molecule has 0 saturated carbocycles. The summed E-state index contributed by atoms with van der Waals surface area (Å²) in [7, 11) is 4.43. The molecule has 3 rings (SSSR count). The second-order valence-corrected chi connectivity index (χ2v) is 6.33. The SMILES string of the molecule is COc1cc(NC(=O)COC(=O)/C=C/c2ccc3ccccc3n2)cc(OC)c1OC. The molecule has 1 aromatic heterocycles. The summed E-state index contributed by atoms with van der Waals surface area (Å²) >= 11 is 0. The fraction of sp³-hybridized carbons (Fsp3) is 0.174. The Bertz CT molecular complexity index is 1100. The lowest BCUT2D eigenvalue weighted by atomic mass is 10.2. The number of methoxy groups -OCH3 is 3. The van der Waals surface area contributed by atoms with Gasteiger partial charge in [-0.05, 0) is 18.2 Å². The molecule has 0 spiro atoms. The minimum atomic E-state index is -0.657. The molecule has 2 aromatic carbocycles. The maximum atomic E-state index is 12.2. The van der Waals surface area contributed by atoms with Crippen molar-refractivity contribution in [2.24, 2.45) is 0 Å². The summed E-state index contributed by atoms with van der Waals surface area (Å²) in [6.45, 7) is -0.453. The van der Waals surface area contributed by atoms with Crippen LogP contribution in [-0.4, -0.2) is 44.8 Å². The van der Waals surface area contributed by atoms with Crippen LogP contribution in [0.4, 0.5) is 5.69 Å². The second-order valence-electron chi connectivity index (χ2n) is 6.33. The monoisotopic (exact) mass is 422 g/mol. The Hall–Kier alpha value is -4.07. The van der Waals surface area contributed by atoms with Gasteiger partial charge in [-0.25, -0.2) is 9.78 Å². The van der Waals surface area contributed by atoms with E-state index in [0.717, 1.165) is 10.9 Å². The Morgan fingerprint density at radius 3 is 2.35 bits per heavy atom. The molecular weight excluding hydrogens is 400 g/mol. The number of hydrogen-bond acceptors (Lipinski definition) is 7. The quantitative estimate of drug-likeness (QED) is 0.439. The zero-order valence-electron chi connectivity index (χ0n) is 17.4. The molecular formula is C23H22N2O6. The number of hydrogen-bond donors (Lipinski definition) is 1. The number of para-hydroxylation sites is 1. The van der Waals surface area contributed by atoms with Gasteiger partial charge in [0.2, 0.25) is 5.75 Å². The van der Waals surface area contributed by atoms with Gasteiger partial charge in [0.05, 0.1) is 32.5 Å². The molecule has 0 aliphatic rings. The minimum Gasteiger partial charge on any atom is -0.493 e. The Kier molecular flexibility index (Phi) is 7.05. The topological polar surface area (TPSA) is 96.0 Å². The molecule has 31 heavy (non-hydrogen) atoms. The van der Waals surface area contributed by atoms with Crippen molar-refractivity contribution in [3.63, 3.8) is 0 Å². The van der Waals surface area contributed by atoms with E-state index in [2.05, 4.69) is 10.3 Å². The lowest BCUT2D eigenvalue weighted by Crippen LogP contribution is -2.20. The number of carbonyl (C=O) groups excluding carboxylic acids is 2. The van der Waals surface area contributed by atoms with Crippen LogP contribution in [0, 0.1) is 0 Å². The van der Waals surface area contributed by atoms with Gasteiger partial charge in [0.15, 0.2) is 18.1 Å². The summed E-state index contributed by atoms with van der Waals surface area (Å²) < 4.78 is 20.7. The second kappa shape index (κ2) is 10.1. The maximum absolute atomic E-state index is 12.2. The number of benzene rings is 2. The highest BCUT2D eigenvalue weighted by Gasteiger charge is 2.15. The molecule has 0 radical (unpaired) electrons. The van der Waals surface area contributed by atoms with Gasteiger partial charge in [-0.2, -0.15) is 0 Å². The fourth-order valence-corrected chi connectivity index (χ4v) is 2.86. The zero-order chi connectivity index (χ0) is 22.2. The molecule has 1 amide bonds. The maximum Gasteiger partial charge on any atom is 0.331 e. The van der Waals surface area contributed by atoms with E-state index >= 15 is 0 Å². The first-order valence-corrected chi connectivity index (χ1v) is 9.34. The van der Waals surface area contributed by atoms with Crippen LogP contribution in [0.2, 0.25) is 0 Å². The number of nitrogens with zero attached hydrogens (tertiary/aromatic N) is 1. The highest BCUT2D eigenvalue weighted by atomic mass is 16.5. The summed E-state index contributed by atoms with van der Waals surface area (Å²) in [4.78, 5) is 28.5. The minimum absolute atomic E-state index is 0.389. The van der Waals surface area contributed by atoms with Crippen LogP contribution in [0.3, 0.4) is 0 Å². The van der Waals surface area contributed by atoms with Crippen LogP contribution >= 0.6 is 0 Å². The molecule has 8 nitrogen and oxygen atoms in total. The predicted molar refractivity (Wildman–Crippen MR) is 116 cm³/mol. The average Bonchev–Trinajstić information content (AvgIpc) is 2.80. The van der Waals surface area contributed by atoms with Gasteiger partial charge >= 0.3 is 5.97 Å². The predicted octanol–water partition coefficient (Wildman–Crippen LogP) is 3.46. The van der Waals surface area contributed by atoms with Gasteiger partial charge in [-0.15, -0.1) is 0 Å². The van der Waals surface area contributed by atoms with Gasteiger partial charge in [-0.3, -0.25) is 4.79 Å². The van der Waals surface area contributed by atoms with E-state index in [-0.39, 0.29) is 0 Å². The third-order valence-corrected chi connectivity index (χ3v) is 4.30. The van der Waals surface area contributed by atoms with E-state index in [1.54, 1.807) is 18.2 Å². The third kappa shape index (κ3) is 5.51. The Morgan fingerprint density at radius 1 is 0.968 bits per heavy atom. The number of pyridine rings is 1. The van der Waals surface area contributed by atoms with Gasteiger partial charge in [0, 0.05) is 29.3 Å². The Morgan fingerprint density at radius 2 is 1.68 bits per heavy atom. The van der Waals surface area contributed by atoms with Gasteiger partial charge < -0.3 is 24.3 Å². The van der Waals surface area contributed by atoms with Crippen molar-refractivity contribution in [3.05, 3.63) is 60.3 Å². The Balaban J connectivity index is 1.57. The number of esters is 1. The average molecular weight is 422 g/mol. The number of rotatable bonds is 8. The van der Waals surface area contributed by atoms with Crippen LogP contribution < -0.4 is 19.5 Å². The third-order valence-electron chi connectivity index (χ3n) is 4.30. The zero-order valence-corrected chi connectivity index (χ0v) is 17.4. The molecule has 0 bridgehead atoms. The number of amides is 1. The number of anilines is 1. The standard InChI is InChI=1S/C23H22N2O6/c1-28-19-12-17(13-20(29-2)23(19)30-3)25-21(26)14-31-22(27)11-10-16-9-8-15-6-4-5-7-18(15)24-16/h4-13H,14H2,1-3H3,(H,25,26)/b11-10+. The molecule has 0 unspecified atom stereocenters. The highest BCUT2D eigenvalue weighted by molar-refractivity contribution is 5.95. The van der Waals surface area contributed by atoms with Crippen molar-refractivity contribution in [2.45, 2.75) is 0 Å². The van der Waals surface area contributed by atoms with E-state index in [9.17, 15) is 9.59 Å². The summed E-state index contributed by atoms with van der Waals surface area (Å²) in [5.74, 6) is 0.0108. The first kappa shape index (κ1) is 21.6. The number of aromatic nitrogens is 1. The van der Waals surface area contributed by atoms with Crippen LogP contribution in [0.25, 0.3) is 17.0 Å². The van der Waals surface area contributed by atoms with Crippen LogP contribution in [0.1, 0.15) is 5.69 Å². The molecule has 0 atom stereocenters. The van der Waals surface area contributed by atoms with Crippen molar-refractivity contribution in [1.29, 1.82) is 0 Å². The lowest BCUT2D eigenvalue weighted by Gasteiger charge is -2.14. The summed E-state index contributed by atoms with van der Waals surface area (Å²) in [6, 6.07) is 14.5. The highest BCUT2D eigenvalue weighted by Crippen LogP contribution is 2.39. The van der Waals surface area contributed by atoms with Crippen LogP contribution in [0.15, 0.2) is 54.6 Å². The van der Waals surface area contributed by atoms with E-state index in [0.29, 0.717) is 28.6 Å². The molecule has 3 aromatic rings. The normalized spacial score (nSPS) is 10.7. The molecule has 1 heterocycles. The van der Waals surface area contributed by atoms with Gasteiger partial charge in [0.1, 0.15) is 0 Å². The molecule has 1 N–H and O–H groups in total. The van der Waals surface area contributed by atoms with Crippen LogP contribution in [-0.2, 0) is 14.3 Å². The van der Waals surface area contributed by atoms with Crippen molar-refractivity contribution in [3.8, 4) is 17.2 Å². The molecule has 0 aliphatic carbocycles. The van der Waals surface area contributed by atoms with E-state index in [4.69, 9.17) is 18.9 Å². The fourth-order valence-electron chi connectivity index (χ4n) is 2.86. The van der Waals surface area contributed by atoms with Crippen molar-refractivity contribution in [1.82, 2.24) is 4.98 Å². The summed E-state index contributed by atoms with van der Waals surface area (Å²) in [6.07, 6.45) is 2.76. The summed E-state index contributed by atoms with van der Waals surface area (Å²) in [5.41, 5.74) is 1.84. The van der Waals surface area contributed by atoms with E-state index in [1.165, 1.54) is 33.5 Å². The van der Waals surface area contributed by atoms with Crippen molar-refractivity contribution >= 4 is 34.5 Å². The van der Waals surface area contributed by atoms with E-state index in [1.807, 2.05) is 30.3 Å². The first-order valence-electron chi connectivity index (χ1n) is 9.34. The van der Waals surface area contributed by atoms with Crippen molar-refractivity contribution in [2.75, 3.05) is 33.3 Å². The number of carbonyl (C=O) groups is 2. The summed E-state index contributed by atoms with van der Waals surface area (Å²) in [5, 5.41) is 3.63. The number of fused-ring (bicyclic) bond motifs is 1. The molecule has 0 fully saturated rings. The molecule has 8 heteroatoms. The number of nitrogens with one attached hydrogen (secondary N) is 1. The van der Waals surface area contributed by atoms with Gasteiger partial charge in [-0.1, -0.05) is 24.3 Å². The largest absolute Gasteiger partial charge is 0.493 e. The lowest BCUT2D eigenvalue weighted by molar-refractivity contribution is -0.142. The molecule has 160 valence electrons. The first-order chi connectivity index (χ1) is 15.0. The van der Waals surface area contributed by atoms with E-state index < -0.39 is 18.5 Å². The molecule has 0 saturated heterocycles. The van der Waals surface area contributed by atoms with Gasteiger partial charge in [0.25, 0.3) is 5.91 Å². The smallest absolute Gasteiger partial charge is 0.331 e.